The molecule has 0 aromatic heterocycles. The second-order valence-electron chi connectivity index (χ2n) is 4.98. The fourth-order valence-electron chi connectivity index (χ4n) is 2.19. The minimum absolute atomic E-state index is 0.201. The monoisotopic (exact) mass is 319 g/mol. The number of β-amino-alcohol motifs (C(OH)–C–C–N with tert-alkyl or cyclic N) is 1. The van der Waals surface area contributed by atoms with Gasteiger partial charge in [0.15, 0.2) is 0 Å². The van der Waals surface area contributed by atoms with Crippen molar-refractivity contribution in [3.8, 4) is 5.75 Å². The highest BCUT2D eigenvalue weighted by molar-refractivity contribution is 6.35. The average molecular weight is 320 g/mol. The van der Waals surface area contributed by atoms with Gasteiger partial charge in [-0.05, 0) is 25.1 Å². The van der Waals surface area contributed by atoms with Crippen molar-refractivity contribution in [2.75, 3.05) is 32.8 Å². The van der Waals surface area contributed by atoms with Crippen molar-refractivity contribution in [3.63, 3.8) is 0 Å². The van der Waals surface area contributed by atoms with E-state index >= 15 is 0 Å². The number of aliphatic hydroxyl groups excluding tert-OH is 1. The predicted molar refractivity (Wildman–Crippen MR) is 79.8 cm³/mol. The van der Waals surface area contributed by atoms with Gasteiger partial charge in [0.25, 0.3) is 0 Å². The Morgan fingerprint density at radius 3 is 3.00 bits per heavy atom. The Morgan fingerprint density at radius 1 is 1.50 bits per heavy atom. The van der Waals surface area contributed by atoms with Crippen LogP contribution >= 0.6 is 23.2 Å². The van der Waals surface area contributed by atoms with Gasteiger partial charge >= 0.3 is 0 Å². The molecule has 112 valence electrons. The van der Waals surface area contributed by atoms with E-state index in [0.29, 0.717) is 28.9 Å². The maximum atomic E-state index is 10.0. The molecule has 1 heterocycles. The summed E-state index contributed by atoms with van der Waals surface area (Å²) in [6, 6.07) is 5.03. The minimum Gasteiger partial charge on any atom is -0.489 e. The molecule has 1 aliphatic heterocycles. The Bertz CT molecular complexity index is 444. The Morgan fingerprint density at radius 2 is 2.30 bits per heavy atom. The van der Waals surface area contributed by atoms with Crippen LogP contribution in [0.15, 0.2) is 18.2 Å². The van der Waals surface area contributed by atoms with E-state index in [-0.39, 0.29) is 12.7 Å². The molecule has 0 aliphatic carbocycles. The Balaban J connectivity index is 1.78. The third-order valence-corrected chi connectivity index (χ3v) is 3.65. The summed E-state index contributed by atoms with van der Waals surface area (Å²) < 4.78 is 11.0. The standard InChI is InChI=1S/C14H19Cl2NO3/c1-10-7-17(4-5-19-10)8-12(18)9-20-14-3-2-11(15)6-13(14)16/h2-3,6,10,12,18H,4-5,7-9H2,1H3. The van der Waals surface area contributed by atoms with Crippen LogP contribution in [0.2, 0.25) is 10.0 Å². The summed E-state index contributed by atoms with van der Waals surface area (Å²) >= 11 is 11.8. The summed E-state index contributed by atoms with van der Waals surface area (Å²) in [5.41, 5.74) is 0. The number of morpholine rings is 1. The Hall–Kier alpha value is -0.520. The highest BCUT2D eigenvalue weighted by Gasteiger charge is 2.19. The van der Waals surface area contributed by atoms with Gasteiger partial charge in [0, 0.05) is 24.7 Å². The fraction of sp³-hybridized carbons (Fsp3) is 0.571. The lowest BCUT2D eigenvalue weighted by Gasteiger charge is -2.32. The van der Waals surface area contributed by atoms with Crippen molar-refractivity contribution >= 4 is 23.2 Å². The van der Waals surface area contributed by atoms with Crippen LogP contribution in [0.25, 0.3) is 0 Å². The van der Waals surface area contributed by atoms with Crippen LogP contribution in [0.1, 0.15) is 6.92 Å². The summed E-state index contributed by atoms with van der Waals surface area (Å²) in [6.07, 6.45) is -0.352. The fourth-order valence-corrected chi connectivity index (χ4v) is 2.65. The van der Waals surface area contributed by atoms with Crippen molar-refractivity contribution in [1.82, 2.24) is 4.90 Å². The van der Waals surface area contributed by atoms with Crippen LogP contribution < -0.4 is 4.74 Å². The topological polar surface area (TPSA) is 41.9 Å². The second-order valence-corrected chi connectivity index (χ2v) is 5.82. The zero-order valence-corrected chi connectivity index (χ0v) is 12.9. The molecule has 0 bridgehead atoms. The van der Waals surface area contributed by atoms with Crippen LogP contribution in [-0.2, 0) is 4.74 Å². The third-order valence-electron chi connectivity index (χ3n) is 3.12. The summed E-state index contributed by atoms with van der Waals surface area (Å²) in [5.74, 6) is 0.533. The van der Waals surface area contributed by atoms with Crippen molar-refractivity contribution in [2.45, 2.75) is 19.1 Å². The van der Waals surface area contributed by atoms with Crippen molar-refractivity contribution < 1.29 is 14.6 Å². The van der Waals surface area contributed by atoms with E-state index < -0.39 is 6.10 Å². The summed E-state index contributed by atoms with van der Waals surface area (Å²) in [5, 5.41) is 11.0. The highest BCUT2D eigenvalue weighted by atomic mass is 35.5. The Kier molecular flexibility index (Phi) is 5.93. The summed E-state index contributed by atoms with van der Waals surface area (Å²) in [7, 11) is 0. The number of aliphatic hydroxyl groups is 1. The van der Waals surface area contributed by atoms with Crippen molar-refractivity contribution in [3.05, 3.63) is 28.2 Å². The van der Waals surface area contributed by atoms with E-state index in [9.17, 15) is 5.11 Å². The third kappa shape index (κ3) is 4.79. The first kappa shape index (κ1) is 15.9. The molecule has 1 fully saturated rings. The van der Waals surface area contributed by atoms with E-state index in [2.05, 4.69) is 4.90 Å². The molecule has 1 aromatic carbocycles. The summed E-state index contributed by atoms with van der Waals surface area (Å²) in [6.45, 7) is 5.17. The smallest absolute Gasteiger partial charge is 0.138 e. The lowest BCUT2D eigenvalue weighted by molar-refractivity contribution is -0.0361. The van der Waals surface area contributed by atoms with Gasteiger partial charge in [0.05, 0.1) is 17.7 Å². The van der Waals surface area contributed by atoms with Gasteiger partial charge in [-0.3, -0.25) is 4.90 Å². The van der Waals surface area contributed by atoms with E-state index in [1.807, 2.05) is 6.92 Å². The molecule has 20 heavy (non-hydrogen) atoms. The van der Waals surface area contributed by atoms with Crippen LogP contribution in [0, 0.1) is 0 Å². The van der Waals surface area contributed by atoms with Crippen molar-refractivity contribution in [1.29, 1.82) is 0 Å². The van der Waals surface area contributed by atoms with Gasteiger partial charge in [-0.25, -0.2) is 0 Å². The number of hydrogen-bond donors (Lipinski definition) is 1. The van der Waals surface area contributed by atoms with Crippen LogP contribution in [0.4, 0.5) is 0 Å². The molecule has 1 aliphatic rings. The van der Waals surface area contributed by atoms with E-state index in [1.54, 1.807) is 18.2 Å². The normalized spacial score (nSPS) is 21.7. The van der Waals surface area contributed by atoms with E-state index in [1.165, 1.54) is 0 Å². The average Bonchev–Trinajstić information content (AvgIpc) is 2.37. The first-order chi connectivity index (χ1) is 9.54. The number of rotatable bonds is 5. The maximum absolute atomic E-state index is 10.0. The van der Waals surface area contributed by atoms with Crippen LogP contribution in [0.3, 0.4) is 0 Å². The molecule has 2 atom stereocenters. The molecule has 0 spiro atoms. The molecular weight excluding hydrogens is 301 g/mol. The van der Waals surface area contributed by atoms with E-state index in [0.717, 1.165) is 13.1 Å². The summed E-state index contributed by atoms with van der Waals surface area (Å²) in [4.78, 5) is 2.17. The molecule has 6 heteroatoms. The first-order valence-electron chi connectivity index (χ1n) is 6.64. The van der Waals surface area contributed by atoms with Crippen LogP contribution in [-0.4, -0.2) is 55.1 Å². The first-order valence-corrected chi connectivity index (χ1v) is 7.40. The van der Waals surface area contributed by atoms with Crippen molar-refractivity contribution in [2.24, 2.45) is 0 Å². The van der Waals surface area contributed by atoms with Gasteiger partial charge in [-0.15, -0.1) is 0 Å². The zero-order valence-electron chi connectivity index (χ0n) is 11.4. The number of benzene rings is 1. The molecule has 1 N–H and O–H groups in total. The number of nitrogens with zero attached hydrogens (tertiary/aromatic N) is 1. The largest absolute Gasteiger partial charge is 0.489 e. The molecule has 1 saturated heterocycles. The lowest BCUT2D eigenvalue weighted by Crippen LogP contribution is -2.45. The Labute approximate surface area is 129 Å². The van der Waals surface area contributed by atoms with Gasteiger partial charge in [0.1, 0.15) is 18.5 Å². The molecule has 0 amide bonds. The van der Waals surface area contributed by atoms with Gasteiger partial charge in [-0.1, -0.05) is 23.2 Å². The molecule has 1 aromatic rings. The predicted octanol–water partition coefficient (Wildman–Crippen LogP) is 2.45. The molecular formula is C14H19Cl2NO3. The molecule has 0 radical (unpaired) electrons. The lowest BCUT2D eigenvalue weighted by atomic mass is 10.2. The molecule has 4 nitrogen and oxygen atoms in total. The SMILES string of the molecule is CC1CN(CC(O)COc2ccc(Cl)cc2Cl)CCO1. The van der Waals surface area contributed by atoms with E-state index in [4.69, 9.17) is 32.7 Å². The number of ether oxygens (including phenoxy) is 2. The van der Waals surface area contributed by atoms with Crippen LogP contribution in [0.5, 0.6) is 5.75 Å². The quantitative estimate of drug-likeness (QED) is 0.905. The molecule has 0 saturated carbocycles. The molecule has 2 unspecified atom stereocenters. The van der Waals surface area contributed by atoms with Gasteiger partial charge < -0.3 is 14.6 Å². The highest BCUT2D eigenvalue weighted by Crippen LogP contribution is 2.27. The zero-order chi connectivity index (χ0) is 14.5. The second kappa shape index (κ2) is 7.48. The van der Waals surface area contributed by atoms with Gasteiger partial charge in [0.2, 0.25) is 0 Å². The number of halogens is 2. The maximum Gasteiger partial charge on any atom is 0.138 e. The molecule has 2 rings (SSSR count). The van der Waals surface area contributed by atoms with Gasteiger partial charge in [-0.2, -0.15) is 0 Å². The minimum atomic E-state index is -0.563. The number of hydrogen-bond acceptors (Lipinski definition) is 4.